The maximum absolute atomic E-state index is 12.2. The lowest BCUT2D eigenvalue weighted by Gasteiger charge is -2.17. The highest BCUT2D eigenvalue weighted by Gasteiger charge is 2.24. The molecular formula is C16H28NO4P. The first-order valence-corrected chi connectivity index (χ1v) is 9.64. The van der Waals surface area contributed by atoms with E-state index >= 15 is 0 Å². The van der Waals surface area contributed by atoms with E-state index in [1.807, 2.05) is 18.2 Å². The number of benzene rings is 1. The van der Waals surface area contributed by atoms with Gasteiger partial charge in [0.05, 0.1) is 13.2 Å². The van der Waals surface area contributed by atoms with Crippen molar-refractivity contribution in [1.82, 2.24) is 5.32 Å². The maximum atomic E-state index is 12.2. The van der Waals surface area contributed by atoms with Crippen molar-refractivity contribution in [2.45, 2.75) is 47.2 Å². The molecule has 0 spiro atoms. The van der Waals surface area contributed by atoms with Crippen LogP contribution in [-0.2, 0) is 26.7 Å². The monoisotopic (exact) mass is 329 g/mol. The summed E-state index contributed by atoms with van der Waals surface area (Å²) in [6.45, 7) is 10.2. The Labute approximate surface area is 133 Å². The van der Waals surface area contributed by atoms with Crippen LogP contribution in [0.2, 0.25) is 0 Å². The van der Waals surface area contributed by atoms with Crippen molar-refractivity contribution in [2.24, 2.45) is 0 Å². The highest BCUT2D eigenvalue weighted by molar-refractivity contribution is 7.53. The molecule has 0 unspecified atom stereocenters. The third-order valence-corrected chi connectivity index (χ3v) is 4.60. The second kappa shape index (κ2) is 10.0. The van der Waals surface area contributed by atoms with Gasteiger partial charge in [-0.25, -0.2) is 0 Å². The quantitative estimate of drug-likeness (QED) is 0.756. The molecular weight excluding hydrogens is 301 g/mol. The Morgan fingerprint density at radius 3 is 2.23 bits per heavy atom. The van der Waals surface area contributed by atoms with Gasteiger partial charge in [0.1, 0.15) is 5.75 Å². The molecule has 0 aromatic heterocycles. The Bertz CT molecular complexity index is 483. The van der Waals surface area contributed by atoms with Gasteiger partial charge in [-0.2, -0.15) is 0 Å². The largest absolute Gasteiger partial charge is 0.481 e. The maximum Gasteiger partial charge on any atom is 0.367 e. The predicted octanol–water partition coefficient (Wildman–Crippen LogP) is 4.31. The fraction of sp³-hybridized carbons (Fsp3) is 0.625. The Morgan fingerprint density at radius 1 is 1.05 bits per heavy atom. The van der Waals surface area contributed by atoms with Gasteiger partial charge in [0.2, 0.25) is 0 Å². The van der Waals surface area contributed by atoms with Gasteiger partial charge < -0.3 is 19.1 Å². The van der Waals surface area contributed by atoms with Crippen molar-refractivity contribution in [1.29, 1.82) is 0 Å². The van der Waals surface area contributed by atoms with Crippen LogP contribution in [0.1, 0.15) is 45.2 Å². The summed E-state index contributed by atoms with van der Waals surface area (Å²) in [5.41, 5.74) is 2.50. The summed E-state index contributed by atoms with van der Waals surface area (Å²) in [6.07, 6.45) is 1.20. The van der Waals surface area contributed by atoms with Crippen molar-refractivity contribution < 1.29 is 18.3 Å². The Hall–Kier alpha value is -0.870. The molecule has 1 aromatic rings. The van der Waals surface area contributed by atoms with Gasteiger partial charge in [-0.05, 0) is 37.1 Å². The van der Waals surface area contributed by atoms with E-state index in [1.54, 1.807) is 13.8 Å². The molecule has 0 fully saturated rings. The zero-order valence-electron chi connectivity index (χ0n) is 14.1. The summed E-state index contributed by atoms with van der Waals surface area (Å²) < 4.78 is 28.2. The van der Waals surface area contributed by atoms with Crippen LogP contribution >= 0.6 is 7.60 Å². The van der Waals surface area contributed by atoms with E-state index in [9.17, 15) is 4.57 Å². The lowest BCUT2D eigenvalue weighted by molar-refractivity contribution is 0.197. The smallest absolute Gasteiger partial charge is 0.367 e. The first kappa shape index (κ1) is 19.2. The zero-order chi connectivity index (χ0) is 16.4. The minimum atomic E-state index is -3.14. The van der Waals surface area contributed by atoms with Crippen molar-refractivity contribution >= 4 is 7.60 Å². The van der Waals surface area contributed by atoms with Gasteiger partial charge in [-0.1, -0.05) is 26.3 Å². The van der Waals surface area contributed by atoms with Crippen LogP contribution in [0.15, 0.2) is 18.2 Å². The number of fused-ring (bicyclic) bond motifs is 1. The molecule has 0 saturated carbocycles. The fourth-order valence-corrected chi connectivity index (χ4v) is 3.34. The molecule has 2 rings (SSSR count). The van der Waals surface area contributed by atoms with Crippen LogP contribution in [0.3, 0.4) is 0 Å². The number of hydrogen-bond acceptors (Lipinski definition) is 5. The highest BCUT2D eigenvalue weighted by atomic mass is 31.2. The summed E-state index contributed by atoms with van der Waals surface area (Å²) in [4.78, 5) is 0. The third kappa shape index (κ3) is 6.09. The highest BCUT2D eigenvalue weighted by Crippen LogP contribution is 2.47. The molecule has 0 amide bonds. The molecule has 1 aliphatic rings. The average molecular weight is 329 g/mol. The van der Waals surface area contributed by atoms with E-state index in [-0.39, 0.29) is 6.35 Å². The van der Waals surface area contributed by atoms with E-state index in [0.29, 0.717) is 19.0 Å². The summed E-state index contributed by atoms with van der Waals surface area (Å²) in [6, 6.07) is 5.88. The average Bonchev–Trinajstić information content (AvgIpc) is 2.94. The lowest BCUT2D eigenvalue weighted by atomic mass is 10.1. The third-order valence-electron chi connectivity index (χ3n) is 2.85. The van der Waals surface area contributed by atoms with Crippen LogP contribution in [0, 0.1) is 0 Å². The molecule has 22 heavy (non-hydrogen) atoms. The van der Waals surface area contributed by atoms with E-state index in [2.05, 4.69) is 19.2 Å². The number of rotatable bonds is 7. The molecule has 0 bridgehead atoms. The van der Waals surface area contributed by atoms with Crippen molar-refractivity contribution in [3.05, 3.63) is 29.3 Å². The number of hydrogen-bond donors (Lipinski definition) is 1. The van der Waals surface area contributed by atoms with E-state index in [4.69, 9.17) is 13.8 Å². The molecule has 1 aliphatic heterocycles. The molecule has 126 valence electrons. The second-order valence-electron chi connectivity index (χ2n) is 4.96. The van der Waals surface area contributed by atoms with Crippen molar-refractivity contribution in [2.75, 3.05) is 19.6 Å². The summed E-state index contributed by atoms with van der Waals surface area (Å²) >= 11 is 0. The summed E-state index contributed by atoms with van der Waals surface area (Å²) in [5, 5.41) is 3.27. The topological polar surface area (TPSA) is 56.8 Å². The minimum absolute atomic E-state index is 0.0547. The molecule has 1 heterocycles. The Morgan fingerprint density at radius 2 is 1.64 bits per heavy atom. The van der Waals surface area contributed by atoms with E-state index in [1.165, 1.54) is 17.5 Å². The molecule has 0 saturated heterocycles. The Balaban J connectivity index is 0.000000745. The van der Waals surface area contributed by atoms with Gasteiger partial charge in [-0.3, -0.25) is 4.57 Å². The van der Waals surface area contributed by atoms with Crippen molar-refractivity contribution in [3.63, 3.8) is 0 Å². The molecule has 0 atom stereocenters. The fourth-order valence-electron chi connectivity index (χ4n) is 2.02. The van der Waals surface area contributed by atoms with Crippen LogP contribution in [0.4, 0.5) is 0 Å². The minimum Gasteiger partial charge on any atom is -0.481 e. The van der Waals surface area contributed by atoms with Crippen LogP contribution in [0.5, 0.6) is 5.75 Å². The summed E-state index contributed by atoms with van der Waals surface area (Å²) in [5.74, 6) is 0.696. The van der Waals surface area contributed by atoms with Gasteiger partial charge in [0.15, 0.2) is 6.35 Å². The molecule has 1 aromatic carbocycles. The van der Waals surface area contributed by atoms with Gasteiger partial charge >= 0.3 is 7.60 Å². The van der Waals surface area contributed by atoms with Crippen LogP contribution < -0.4 is 10.1 Å². The first-order valence-electron chi connectivity index (χ1n) is 7.91. The molecule has 5 nitrogen and oxygen atoms in total. The molecule has 0 radical (unpaired) electrons. The molecule has 6 heteroatoms. The zero-order valence-corrected chi connectivity index (χ0v) is 14.9. The number of nitrogens with one attached hydrogen (secondary N) is 1. The summed E-state index contributed by atoms with van der Waals surface area (Å²) in [7, 11) is -3.14. The van der Waals surface area contributed by atoms with Crippen LogP contribution in [0.25, 0.3) is 0 Å². The predicted molar refractivity (Wildman–Crippen MR) is 89.3 cm³/mol. The number of ether oxygens (including phenoxy) is 1. The second-order valence-corrected chi connectivity index (χ2v) is 6.96. The molecule has 1 N–H and O–H groups in total. The van der Waals surface area contributed by atoms with Gasteiger partial charge in [-0.15, -0.1) is 0 Å². The SMILES string of the molecule is CCC.CCOP(=O)(COc1ccc2c(c1)CNC2)OCC. The van der Waals surface area contributed by atoms with E-state index in [0.717, 1.165) is 13.1 Å². The van der Waals surface area contributed by atoms with Crippen LogP contribution in [-0.4, -0.2) is 19.6 Å². The van der Waals surface area contributed by atoms with Gasteiger partial charge in [0.25, 0.3) is 0 Å². The lowest BCUT2D eigenvalue weighted by Crippen LogP contribution is -2.06. The standard InChI is InChI=1S/C13H20NO4P.C3H8/c1-3-17-19(15,18-4-2)10-16-13-6-5-11-8-14-9-12(11)7-13;1-3-2/h5-7,14H,3-4,8-10H2,1-2H3;3H2,1-2H3. The first-order chi connectivity index (χ1) is 10.6. The molecule has 0 aliphatic carbocycles. The normalized spacial score (nSPS) is 13.3. The Kier molecular flexibility index (Phi) is 8.72. The van der Waals surface area contributed by atoms with E-state index < -0.39 is 7.60 Å². The van der Waals surface area contributed by atoms with Gasteiger partial charge in [0, 0.05) is 13.1 Å². The van der Waals surface area contributed by atoms with Crippen molar-refractivity contribution in [3.8, 4) is 5.75 Å².